The van der Waals surface area contributed by atoms with Gasteiger partial charge in [-0.3, -0.25) is 4.90 Å². The summed E-state index contributed by atoms with van der Waals surface area (Å²) in [5.41, 5.74) is 1.29. The predicted octanol–water partition coefficient (Wildman–Crippen LogP) is 5.98. The molecule has 1 saturated heterocycles. The lowest BCUT2D eigenvalue weighted by molar-refractivity contribution is -0.186. The van der Waals surface area contributed by atoms with Gasteiger partial charge in [-0.1, -0.05) is 6.07 Å². The minimum absolute atomic E-state index is 0.00324. The van der Waals surface area contributed by atoms with E-state index in [9.17, 15) is 21.4 Å². The molecule has 0 bridgehead atoms. The number of hydrogen-bond acceptors (Lipinski definition) is 4. The molecule has 3 N–H and O–H groups in total. The molecular formula is C27H31F2N3O3. The SMILES string of the molecule is [2H]C([2H])([2H])Nc1cc(C(=O)O)ccc1[C@@H]1CC2(CCN1C([2H])([2H])c1c(OC)cc(C)c3[nH]ccc13)CC(F)(F)C2. The minimum Gasteiger partial charge on any atom is -0.496 e. The number of carbonyl (C=O) groups is 1. The summed E-state index contributed by atoms with van der Waals surface area (Å²) in [6.45, 7) is -2.87. The quantitative estimate of drug-likeness (QED) is 0.398. The highest BCUT2D eigenvalue weighted by Gasteiger charge is 2.58. The first-order valence-corrected chi connectivity index (χ1v) is 11.5. The summed E-state index contributed by atoms with van der Waals surface area (Å²) in [7, 11) is 1.45. The number of carboxylic acid groups (broad SMARTS) is 1. The highest BCUT2D eigenvalue weighted by atomic mass is 19.3. The average Bonchev–Trinajstić information content (AvgIpc) is 3.31. The van der Waals surface area contributed by atoms with Crippen molar-refractivity contribution in [2.24, 2.45) is 5.41 Å². The van der Waals surface area contributed by atoms with Crippen LogP contribution in [-0.2, 0) is 6.50 Å². The molecule has 1 aliphatic heterocycles. The number of aromatic carboxylic acids is 1. The van der Waals surface area contributed by atoms with E-state index in [0.717, 1.165) is 11.1 Å². The lowest BCUT2D eigenvalue weighted by atomic mass is 9.59. The fourth-order valence-electron chi connectivity index (χ4n) is 5.80. The van der Waals surface area contributed by atoms with Crippen LogP contribution in [0.1, 0.15) is 65.6 Å². The number of fused-ring (bicyclic) bond motifs is 1. The number of aromatic amines is 1. The summed E-state index contributed by atoms with van der Waals surface area (Å²) in [4.78, 5) is 16.4. The van der Waals surface area contributed by atoms with Gasteiger partial charge in [0.2, 0.25) is 5.92 Å². The number of methoxy groups -OCH3 is 1. The summed E-state index contributed by atoms with van der Waals surface area (Å²) in [5.74, 6) is -3.74. The number of aryl methyl sites for hydroxylation is 1. The van der Waals surface area contributed by atoms with Crippen LogP contribution in [0, 0.1) is 12.3 Å². The van der Waals surface area contributed by atoms with Gasteiger partial charge in [-0.05, 0) is 67.1 Å². The third kappa shape index (κ3) is 4.14. The number of anilines is 1. The van der Waals surface area contributed by atoms with Crippen molar-refractivity contribution in [1.29, 1.82) is 0 Å². The molecule has 1 atom stereocenters. The molecule has 35 heavy (non-hydrogen) atoms. The maximum Gasteiger partial charge on any atom is 0.335 e. The van der Waals surface area contributed by atoms with E-state index in [2.05, 4.69) is 10.3 Å². The number of rotatable bonds is 6. The Labute approximate surface area is 210 Å². The Balaban J connectivity index is 1.67. The Kier molecular flexibility index (Phi) is 4.42. The molecule has 2 aliphatic rings. The van der Waals surface area contributed by atoms with Crippen molar-refractivity contribution in [1.82, 2.24) is 9.88 Å². The van der Waals surface area contributed by atoms with E-state index >= 15 is 0 Å². The number of halogens is 2. The molecule has 2 fully saturated rings. The van der Waals surface area contributed by atoms with E-state index < -0.39 is 36.8 Å². The maximum absolute atomic E-state index is 14.2. The molecule has 2 heterocycles. The molecule has 1 aromatic heterocycles. The van der Waals surface area contributed by atoms with Crippen molar-refractivity contribution in [3.05, 3.63) is 58.8 Å². The largest absolute Gasteiger partial charge is 0.496 e. The molecule has 2 aromatic carbocycles. The Morgan fingerprint density at radius 3 is 2.86 bits per heavy atom. The summed E-state index contributed by atoms with van der Waals surface area (Å²) in [5, 5.41) is 12.6. The predicted molar refractivity (Wildman–Crippen MR) is 132 cm³/mol. The summed E-state index contributed by atoms with van der Waals surface area (Å²) >= 11 is 0. The van der Waals surface area contributed by atoms with Crippen LogP contribution in [0.4, 0.5) is 14.5 Å². The molecule has 0 amide bonds. The van der Waals surface area contributed by atoms with E-state index in [0.29, 0.717) is 23.1 Å². The van der Waals surface area contributed by atoms with E-state index in [-0.39, 0.29) is 42.6 Å². The average molecular weight is 489 g/mol. The Morgan fingerprint density at radius 1 is 1.37 bits per heavy atom. The second-order valence-electron chi connectivity index (χ2n) is 9.75. The number of aromatic nitrogens is 1. The first-order valence-electron chi connectivity index (χ1n) is 14.0. The van der Waals surface area contributed by atoms with Crippen molar-refractivity contribution in [2.75, 3.05) is 25.9 Å². The first kappa shape index (κ1) is 18.2. The number of ether oxygens (including phenoxy) is 1. The van der Waals surface area contributed by atoms with Gasteiger partial charge in [0.25, 0.3) is 0 Å². The van der Waals surface area contributed by atoms with E-state index in [4.69, 9.17) is 8.85 Å². The lowest BCUT2D eigenvalue weighted by Crippen LogP contribution is -2.53. The Morgan fingerprint density at radius 2 is 2.17 bits per heavy atom. The molecule has 0 radical (unpaired) electrons. The summed E-state index contributed by atoms with van der Waals surface area (Å²) in [6.07, 6.45) is 1.52. The number of benzene rings is 2. The van der Waals surface area contributed by atoms with Crippen LogP contribution in [0.25, 0.3) is 10.9 Å². The highest BCUT2D eigenvalue weighted by Crippen LogP contribution is 2.61. The molecular weight excluding hydrogens is 452 g/mol. The fraction of sp³-hybridized carbons (Fsp3) is 0.444. The number of carboxylic acids is 1. The van der Waals surface area contributed by atoms with Crippen LogP contribution in [0.3, 0.4) is 0 Å². The van der Waals surface area contributed by atoms with Crippen LogP contribution in [0.15, 0.2) is 36.5 Å². The lowest BCUT2D eigenvalue weighted by Gasteiger charge is -2.55. The van der Waals surface area contributed by atoms with Crippen molar-refractivity contribution >= 4 is 22.6 Å². The normalized spacial score (nSPS) is 24.0. The van der Waals surface area contributed by atoms with Gasteiger partial charge < -0.3 is 20.1 Å². The number of H-pyrrole nitrogens is 1. The molecule has 8 heteroatoms. The zero-order valence-corrected chi connectivity index (χ0v) is 19.5. The van der Waals surface area contributed by atoms with Crippen molar-refractivity contribution in [2.45, 2.75) is 51.1 Å². The van der Waals surface area contributed by atoms with Gasteiger partial charge in [0.1, 0.15) is 5.75 Å². The molecule has 5 rings (SSSR count). The van der Waals surface area contributed by atoms with Gasteiger partial charge in [-0.15, -0.1) is 0 Å². The maximum atomic E-state index is 14.2. The second kappa shape index (κ2) is 8.52. The van der Waals surface area contributed by atoms with Crippen LogP contribution in [0.5, 0.6) is 5.75 Å². The van der Waals surface area contributed by atoms with Crippen LogP contribution in [-0.4, -0.2) is 47.5 Å². The monoisotopic (exact) mass is 488 g/mol. The van der Waals surface area contributed by atoms with Crippen molar-refractivity contribution in [3.63, 3.8) is 0 Å². The van der Waals surface area contributed by atoms with E-state index in [1.807, 2.05) is 6.92 Å². The van der Waals surface area contributed by atoms with Gasteiger partial charge in [0.15, 0.2) is 0 Å². The van der Waals surface area contributed by atoms with Gasteiger partial charge in [0.05, 0.1) is 12.7 Å². The zero-order valence-electron chi connectivity index (χ0n) is 24.5. The molecule has 1 aliphatic carbocycles. The Hall–Kier alpha value is -3.13. The van der Waals surface area contributed by atoms with E-state index in [1.54, 1.807) is 23.2 Å². The second-order valence-corrected chi connectivity index (χ2v) is 9.75. The standard InChI is InChI=1S/C27H31F2N3O3/c1-16-10-23(35-3)20(18-6-8-31-24(16)18)13-32-9-7-26(14-27(28,29)15-26)12-22(32)19-5-4-17(25(33)34)11-21(19)30-2/h4-6,8,10-11,22,30-31H,7,9,12-15H2,1-3H3,(H,33,34)/t22-/m0/s1/i2D3,13D2. The van der Waals surface area contributed by atoms with Crippen molar-refractivity contribution < 1.29 is 30.3 Å². The van der Waals surface area contributed by atoms with Gasteiger partial charge >= 0.3 is 5.97 Å². The number of hydrogen-bond donors (Lipinski definition) is 3. The topological polar surface area (TPSA) is 77.6 Å². The first-order chi connectivity index (χ1) is 18.6. The summed E-state index contributed by atoms with van der Waals surface area (Å²) < 4.78 is 76.1. The molecule has 6 nitrogen and oxygen atoms in total. The smallest absolute Gasteiger partial charge is 0.335 e. The zero-order chi connectivity index (χ0) is 29.3. The third-order valence-electron chi connectivity index (χ3n) is 7.43. The number of nitrogens with zero attached hydrogens (tertiary/aromatic N) is 1. The Bertz CT molecular complexity index is 1470. The third-order valence-corrected chi connectivity index (χ3v) is 7.43. The minimum atomic E-state index is -2.81. The van der Waals surface area contributed by atoms with Gasteiger partial charge in [-0.25, -0.2) is 13.6 Å². The van der Waals surface area contributed by atoms with Gasteiger partial charge in [0, 0.05) is 67.6 Å². The molecule has 0 unspecified atom stereocenters. The summed E-state index contributed by atoms with van der Waals surface area (Å²) in [6, 6.07) is 6.64. The van der Waals surface area contributed by atoms with Crippen molar-refractivity contribution in [3.8, 4) is 5.75 Å². The number of nitrogens with one attached hydrogen (secondary N) is 2. The number of alkyl halides is 2. The van der Waals surface area contributed by atoms with Crippen LogP contribution < -0.4 is 10.1 Å². The molecule has 1 spiro atoms. The fourth-order valence-corrected chi connectivity index (χ4v) is 5.80. The molecule has 186 valence electrons. The van der Waals surface area contributed by atoms with Gasteiger partial charge in [-0.2, -0.15) is 0 Å². The molecule has 1 saturated carbocycles. The number of likely N-dealkylation sites (tertiary alicyclic amines) is 1. The van der Waals surface area contributed by atoms with E-state index in [1.165, 1.54) is 25.3 Å². The highest BCUT2D eigenvalue weighted by molar-refractivity contribution is 5.89. The molecule has 3 aromatic rings. The van der Waals surface area contributed by atoms with Crippen LogP contribution >= 0.6 is 0 Å². The number of piperidine rings is 1. The van der Waals surface area contributed by atoms with Crippen LogP contribution in [0.2, 0.25) is 0 Å².